The summed E-state index contributed by atoms with van der Waals surface area (Å²) in [4.78, 5) is -1.42. The smallest absolute Gasteiger partial charge is 0.0645 e. The molecule has 3 heteroatoms. The van der Waals surface area contributed by atoms with E-state index in [9.17, 15) is 0 Å². The van der Waals surface area contributed by atoms with Crippen molar-refractivity contribution in [3.63, 3.8) is 0 Å². The number of fused-ring (bicyclic) bond motifs is 2. The van der Waals surface area contributed by atoms with Crippen LogP contribution in [0.25, 0.3) is 0 Å². The molecule has 0 amide bonds. The third-order valence-corrected chi connectivity index (χ3v) is 3.61. The molecular formula is C18H22N2S. The second-order valence-electron chi connectivity index (χ2n) is 4.09. The molecule has 0 N–H and O–H groups in total. The van der Waals surface area contributed by atoms with Crippen molar-refractivity contribution in [2.45, 2.75) is 29.6 Å². The lowest BCUT2D eigenvalue weighted by atomic mass is 10.1. The molecule has 0 spiro atoms. The van der Waals surface area contributed by atoms with Gasteiger partial charge in [-0.15, -0.1) is 0 Å². The molecule has 0 saturated carbocycles. The average Bonchev–Trinajstić information content (AvgIpc) is 2.79. The Kier molecular flexibility index (Phi) is 1.12. The Hall–Kier alpha value is -1.45. The van der Waals surface area contributed by atoms with Crippen LogP contribution in [0.1, 0.15) is 38.5 Å². The van der Waals surface area contributed by atoms with E-state index in [0.717, 1.165) is 0 Å². The number of para-hydroxylation sites is 1. The van der Waals surface area contributed by atoms with Gasteiger partial charge in [0, 0.05) is 36.0 Å². The Bertz CT molecular complexity index is 1290. The topological polar surface area (TPSA) is 6.48 Å². The van der Waals surface area contributed by atoms with Gasteiger partial charge in [-0.2, -0.15) is 0 Å². The van der Waals surface area contributed by atoms with Gasteiger partial charge in [0.25, 0.3) is 0 Å². The quantitative estimate of drug-likeness (QED) is 0.820. The van der Waals surface area contributed by atoms with E-state index in [-0.39, 0.29) is 15.4 Å². The molecule has 1 aliphatic rings. The van der Waals surface area contributed by atoms with E-state index in [1.165, 1.54) is 6.92 Å². The van der Waals surface area contributed by atoms with Crippen LogP contribution >= 0.6 is 11.8 Å². The maximum absolute atomic E-state index is 9.00. The number of rotatable bonds is 3. The SMILES string of the molecule is [2H]c1c([2H])c([2H])c2c(c1[2H])Sc1c([2H])c(C)c([2H])c([2H])c1N2C([2H])([2H])C([2H])(N(C([2H])([2H])[2H])C([2H])([2H])[2H])C([2H])([2H])[2H]. The van der Waals surface area contributed by atoms with Crippen LogP contribution in [0.5, 0.6) is 0 Å². The van der Waals surface area contributed by atoms with E-state index in [1.807, 2.05) is 0 Å². The normalized spacial score (nSPS) is 31.9. The fourth-order valence-corrected chi connectivity index (χ4v) is 2.70. The summed E-state index contributed by atoms with van der Waals surface area (Å²) in [5.41, 5.74) is -1.66. The van der Waals surface area contributed by atoms with Crippen LogP contribution < -0.4 is 4.90 Å². The van der Waals surface area contributed by atoms with Gasteiger partial charge in [0.1, 0.15) is 0 Å². The van der Waals surface area contributed by atoms with Crippen LogP contribution in [0.4, 0.5) is 11.4 Å². The minimum absolute atomic E-state index is 0.0828. The number of benzene rings is 2. The monoisotopic (exact) mass is 317 g/mol. The van der Waals surface area contributed by atoms with E-state index in [2.05, 4.69) is 0 Å². The number of anilines is 2. The maximum atomic E-state index is 9.00. The van der Waals surface area contributed by atoms with Crippen LogP contribution in [0, 0.1) is 6.92 Å². The van der Waals surface area contributed by atoms with Crippen LogP contribution in [-0.4, -0.2) is 31.4 Å². The largest absolute Gasteiger partial charge is 0.338 e. The first kappa shape index (κ1) is 4.09. The molecule has 2 aromatic rings. The molecule has 1 unspecified atom stereocenters. The molecule has 0 radical (unpaired) electrons. The number of hydrogen-bond acceptors (Lipinski definition) is 3. The molecule has 1 atom stereocenters. The molecule has 0 aliphatic carbocycles. The third kappa shape index (κ3) is 2.81. The molecular weight excluding hydrogens is 276 g/mol. The van der Waals surface area contributed by atoms with E-state index in [1.54, 1.807) is 0 Å². The summed E-state index contributed by atoms with van der Waals surface area (Å²) in [6, 6.07) is -9.62. The van der Waals surface area contributed by atoms with Gasteiger partial charge in [-0.1, -0.05) is 29.9 Å². The lowest BCUT2D eigenvalue weighted by Gasteiger charge is -2.36. The highest BCUT2D eigenvalue weighted by Crippen LogP contribution is 2.48. The average molecular weight is 318 g/mol. The van der Waals surface area contributed by atoms with Crippen molar-refractivity contribution in [3.05, 3.63) is 47.9 Å². The summed E-state index contributed by atoms with van der Waals surface area (Å²) < 4.78 is 156. The molecule has 1 heterocycles. The highest BCUT2D eigenvalue weighted by atomic mass is 32.2. The van der Waals surface area contributed by atoms with Crippen molar-refractivity contribution in [2.75, 3.05) is 25.3 Å². The summed E-state index contributed by atoms with van der Waals surface area (Å²) in [6.45, 7) is -14.6. The molecule has 2 nitrogen and oxygen atoms in total. The van der Waals surface area contributed by atoms with Gasteiger partial charge in [-0.3, -0.25) is 0 Å². The minimum atomic E-state index is -4.23. The van der Waals surface area contributed by atoms with Gasteiger partial charge in [0.05, 0.1) is 23.7 Å². The fraction of sp³-hybridized carbons (Fsp3) is 0.333. The van der Waals surface area contributed by atoms with Crippen molar-refractivity contribution in [2.24, 2.45) is 0 Å². The number of likely N-dealkylation sites (N-methyl/N-ethyl adjacent to an activating group) is 1. The second-order valence-corrected chi connectivity index (χ2v) is 5.11. The predicted octanol–water partition coefficient (Wildman–Crippen LogP) is 4.55. The van der Waals surface area contributed by atoms with Crippen molar-refractivity contribution in [1.29, 1.82) is 0 Å². The molecule has 21 heavy (non-hydrogen) atoms. The summed E-state index contributed by atoms with van der Waals surface area (Å²) in [6.07, 6.45) is 0. The zero-order valence-electron chi connectivity index (χ0n) is 29.8. The molecule has 0 fully saturated rings. The van der Waals surface area contributed by atoms with Gasteiger partial charge in [0.2, 0.25) is 0 Å². The van der Waals surface area contributed by atoms with Gasteiger partial charge >= 0.3 is 0 Å². The number of hydrogen-bond donors (Lipinski definition) is 0. The molecule has 3 rings (SSSR count). The molecule has 0 bridgehead atoms. The van der Waals surface area contributed by atoms with E-state index in [0.29, 0.717) is 11.8 Å². The van der Waals surface area contributed by atoms with E-state index >= 15 is 0 Å². The third-order valence-electron chi connectivity index (χ3n) is 2.61. The highest BCUT2D eigenvalue weighted by Gasteiger charge is 2.24. The maximum Gasteiger partial charge on any atom is 0.0645 e. The van der Waals surface area contributed by atoms with E-state index < -0.39 is 96.8 Å². The zero-order valence-corrected chi connectivity index (χ0v) is 11.6. The van der Waals surface area contributed by atoms with Crippen LogP contribution in [0.2, 0.25) is 0 Å². The van der Waals surface area contributed by atoms with Crippen molar-refractivity contribution in [3.8, 4) is 0 Å². The lowest BCUT2D eigenvalue weighted by Crippen LogP contribution is -2.37. The Morgan fingerprint density at radius 1 is 1.29 bits per heavy atom. The second kappa shape index (κ2) is 5.74. The van der Waals surface area contributed by atoms with Gasteiger partial charge in [-0.05, 0) is 57.5 Å². The van der Waals surface area contributed by atoms with Crippen LogP contribution in [0.3, 0.4) is 0 Å². The summed E-state index contributed by atoms with van der Waals surface area (Å²) in [5.74, 6) is 0. The lowest BCUT2D eigenvalue weighted by molar-refractivity contribution is 0.319. The molecule has 0 saturated heterocycles. The highest BCUT2D eigenvalue weighted by molar-refractivity contribution is 7.99. The molecule has 1 aliphatic heterocycles. The number of nitrogens with zero attached hydrogens (tertiary/aromatic N) is 2. The van der Waals surface area contributed by atoms with Gasteiger partial charge in [0.15, 0.2) is 0 Å². The Balaban J connectivity index is 2.66. The molecule has 110 valence electrons. The first-order chi connectivity index (χ1) is 17.8. The molecule has 2 aromatic carbocycles. The van der Waals surface area contributed by atoms with Crippen molar-refractivity contribution < 1.29 is 26.0 Å². The van der Waals surface area contributed by atoms with Crippen LogP contribution in [0.15, 0.2) is 52.1 Å². The van der Waals surface area contributed by atoms with E-state index in [4.69, 9.17) is 26.0 Å². The Labute approximate surface area is 158 Å². The summed E-state index contributed by atoms with van der Waals surface area (Å²) >= 11 is 0.520. The zero-order chi connectivity index (χ0) is 31.3. The van der Waals surface area contributed by atoms with Gasteiger partial charge in [-0.25, -0.2) is 0 Å². The van der Waals surface area contributed by atoms with Crippen molar-refractivity contribution >= 4 is 23.1 Å². The van der Waals surface area contributed by atoms with Gasteiger partial charge < -0.3 is 9.80 Å². The Morgan fingerprint density at radius 2 is 2.10 bits per heavy atom. The summed E-state index contributed by atoms with van der Waals surface area (Å²) in [7, 11) is 0. The van der Waals surface area contributed by atoms with Crippen molar-refractivity contribution in [1.82, 2.24) is 4.90 Å². The minimum Gasteiger partial charge on any atom is -0.338 e. The Morgan fingerprint density at radius 3 is 2.90 bits per heavy atom. The predicted molar refractivity (Wildman–Crippen MR) is 91.9 cm³/mol. The first-order valence-electron chi connectivity index (χ1n) is 15.2. The first-order valence-corrected chi connectivity index (χ1v) is 6.57. The standard InChI is InChI=1S/C18H22N2S/c1-13-9-10-16-18(11-13)21-17-8-6-5-7-15(17)20(16)12-14(2)19(3)4/h5-11,14H,12H2,1-4H3/i2D3,3D3,4D3,5D,6D,7D,8D,9D,10D,11D,12D2,14D. The van der Waals surface area contributed by atoms with Crippen LogP contribution in [-0.2, 0) is 0 Å². The fourth-order valence-electron chi connectivity index (χ4n) is 1.71. The molecule has 0 aromatic heterocycles. The summed E-state index contributed by atoms with van der Waals surface area (Å²) in [5, 5.41) is 0.